The van der Waals surface area contributed by atoms with Gasteiger partial charge in [0.1, 0.15) is 5.75 Å². The zero-order valence-corrected chi connectivity index (χ0v) is 15.8. The Bertz CT molecular complexity index is 855. The molecule has 26 heavy (non-hydrogen) atoms. The van der Waals surface area contributed by atoms with Crippen LogP contribution in [0.2, 0.25) is 0 Å². The van der Waals surface area contributed by atoms with Crippen molar-refractivity contribution in [3.05, 3.63) is 54.6 Å². The topological polar surface area (TPSA) is 76.1 Å². The molecule has 0 saturated carbocycles. The average Bonchev–Trinajstić information content (AvgIpc) is 3.10. The van der Waals surface area contributed by atoms with Gasteiger partial charge in [-0.05, 0) is 31.2 Å². The van der Waals surface area contributed by atoms with E-state index in [4.69, 9.17) is 4.74 Å². The summed E-state index contributed by atoms with van der Waals surface area (Å²) in [5, 5.41) is 15.0. The number of carbonyl (C=O) groups is 1. The molecule has 3 rings (SSSR count). The van der Waals surface area contributed by atoms with E-state index in [0.29, 0.717) is 23.2 Å². The van der Waals surface area contributed by atoms with Crippen LogP contribution in [0, 0.1) is 0 Å². The van der Waals surface area contributed by atoms with Crippen molar-refractivity contribution in [1.29, 1.82) is 0 Å². The fourth-order valence-corrected chi connectivity index (χ4v) is 3.70. The summed E-state index contributed by atoms with van der Waals surface area (Å²) in [4.78, 5) is 12.2. The zero-order valence-electron chi connectivity index (χ0n) is 14.1. The first-order chi connectivity index (χ1) is 12.7. The highest BCUT2D eigenvalue weighted by atomic mass is 32.2. The number of carbonyl (C=O) groups excluding carboxylic acids is 1. The SMILES string of the molecule is CCOc1ccccc1NC(=O)CSc1nnc(Nc2ccccc2)s1. The minimum absolute atomic E-state index is 0.116. The lowest BCUT2D eigenvalue weighted by molar-refractivity contribution is -0.113. The molecule has 2 aromatic carbocycles. The Morgan fingerprint density at radius 2 is 1.88 bits per heavy atom. The predicted molar refractivity (Wildman–Crippen MR) is 107 cm³/mol. The molecule has 0 spiro atoms. The molecule has 0 aliphatic heterocycles. The Hall–Kier alpha value is -2.58. The number of amides is 1. The molecule has 6 nitrogen and oxygen atoms in total. The fourth-order valence-electron chi connectivity index (χ4n) is 2.13. The van der Waals surface area contributed by atoms with E-state index in [1.54, 1.807) is 0 Å². The Labute approximate surface area is 160 Å². The summed E-state index contributed by atoms with van der Waals surface area (Å²) >= 11 is 2.76. The maximum atomic E-state index is 12.2. The number of nitrogens with one attached hydrogen (secondary N) is 2. The number of benzene rings is 2. The van der Waals surface area contributed by atoms with E-state index >= 15 is 0 Å². The van der Waals surface area contributed by atoms with Crippen molar-refractivity contribution >= 4 is 45.5 Å². The highest BCUT2D eigenvalue weighted by Gasteiger charge is 2.10. The van der Waals surface area contributed by atoms with Crippen LogP contribution in [-0.4, -0.2) is 28.5 Å². The second-order valence-electron chi connectivity index (χ2n) is 5.13. The van der Waals surface area contributed by atoms with Gasteiger partial charge in [-0.25, -0.2) is 0 Å². The summed E-state index contributed by atoms with van der Waals surface area (Å²) in [6.45, 7) is 2.45. The summed E-state index contributed by atoms with van der Waals surface area (Å²) < 4.78 is 6.24. The Morgan fingerprint density at radius 1 is 1.12 bits per heavy atom. The van der Waals surface area contributed by atoms with Gasteiger partial charge in [-0.15, -0.1) is 10.2 Å². The van der Waals surface area contributed by atoms with Crippen LogP contribution >= 0.6 is 23.1 Å². The largest absolute Gasteiger partial charge is 0.492 e. The lowest BCUT2D eigenvalue weighted by atomic mass is 10.3. The average molecular weight is 387 g/mol. The minimum Gasteiger partial charge on any atom is -0.492 e. The first kappa shape index (κ1) is 18.2. The molecule has 1 heterocycles. The molecule has 1 aromatic heterocycles. The molecular weight excluding hydrogens is 368 g/mol. The molecule has 0 aliphatic rings. The number of aromatic nitrogens is 2. The van der Waals surface area contributed by atoms with E-state index in [1.807, 2.05) is 61.5 Å². The third-order valence-corrected chi connectivity index (χ3v) is 5.19. The van der Waals surface area contributed by atoms with Gasteiger partial charge in [0.15, 0.2) is 4.34 Å². The van der Waals surface area contributed by atoms with Gasteiger partial charge in [-0.3, -0.25) is 4.79 Å². The molecule has 0 saturated heterocycles. The summed E-state index contributed by atoms with van der Waals surface area (Å²) in [7, 11) is 0. The number of anilines is 3. The van der Waals surface area contributed by atoms with Crippen molar-refractivity contribution in [2.75, 3.05) is 23.0 Å². The van der Waals surface area contributed by atoms with Gasteiger partial charge in [0.2, 0.25) is 11.0 Å². The molecule has 0 fully saturated rings. The highest BCUT2D eigenvalue weighted by molar-refractivity contribution is 8.01. The number of hydrogen-bond donors (Lipinski definition) is 2. The van der Waals surface area contributed by atoms with Crippen LogP contribution in [-0.2, 0) is 4.79 Å². The molecule has 0 atom stereocenters. The molecule has 0 aliphatic carbocycles. The van der Waals surface area contributed by atoms with Crippen LogP contribution in [0.1, 0.15) is 6.92 Å². The number of ether oxygens (including phenoxy) is 1. The van der Waals surface area contributed by atoms with Crippen LogP contribution in [0.4, 0.5) is 16.5 Å². The number of para-hydroxylation sites is 3. The monoisotopic (exact) mass is 386 g/mol. The van der Waals surface area contributed by atoms with Crippen LogP contribution in [0.3, 0.4) is 0 Å². The molecular formula is C18H18N4O2S2. The Balaban J connectivity index is 1.52. The summed E-state index contributed by atoms with van der Waals surface area (Å²) in [5.41, 5.74) is 1.62. The van der Waals surface area contributed by atoms with E-state index < -0.39 is 0 Å². The first-order valence-corrected chi connectivity index (χ1v) is 9.85. The minimum atomic E-state index is -0.116. The van der Waals surface area contributed by atoms with Crippen molar-refractivity contribution in [3.63, 3.8) is 0 Å². The van der Waals surface area contributed by atoms with Gasteiger partial charge in [0.05, 0.1) is 18.0 Å². The van der Waals surface area contributed by atoms with Crippen LogP contribution in [0.15, 0.2) is 58.9 Å². The van der Waals surface area contributed by atoms with E-state index in [0.717, 1.165) is 10.0 Å². The maximum Gasteiger partial charge on any atom is 0.234 e. The fraction of sp³-hybridized carbons (Fsp3) is 0.167. The third-order valence-electron chi connectivity index (χ3n) is 3.22. The van der Waals surface area contributed by atoms with Gasteiger partial charge in [0, 0.05) is 5.69 Å². The van der Waals surface area contributed by atoms with Crippen molar-refractivity contribution in [3.8, 4) is 5.75 Å². The molecule has 8 heteroatoms. The summed E-state index contributed by atoms with van der Waals surface area (Å²) in [6.07, 6.45) is 0. The van der Waals surface area contributed by atoms with Crippen LogP contribution in [0.25, 0.3) is 0 Å². The summed E-state index contributed by atoms with van der Waals surface area (Å²) in [6, 6.07) is 17.1. The molecule has 0 bridgehead atoms. The van der Waals surface area contributed by atoms with E-state index in [1.165, 1.54) is 23.1 Å². The normalized spacial score (nSPS) is 10.3. The van der Waals surface area contributed by atoms with Gasteiger partial charge in [-0.1, -0.05) is 53.4 Å². The molecule has 0 radical (unpaired) electrons. The van der Waals surface area contributed by atoms with E-state index in [2.05, 4.69) is 20.8 Å². The maximum absolute atomic E-state index is 12.2. The molecule has 2 N–H and O–H groups in total. The Morgan fingerprint density at radius 3 is 2.69 bits per heavy atom. The molecule has 1 amide bonds. The van der Waals surface area contributed by atoms with Gasteiger partial charge < -0.3 is 15.4 Å². The summed E-state index contributed by atoms with van der Waals surface area (Å²) in [5.74, 6) is 0.800. The molecule has 134 valence electrons. The van der Waals surface area contributed by atoms with Gasteiger partial charge in [0.25, 0.3) is 0 Å². The number of rotatable bonds is 8. The smallest absolute Gasteiger partial charge is 0.234 e. The second kappa shape index (κ2) is 9.21. The highest BCUT2D eigenvalue weighted by Crippen LogP contribution is 2.28. The third kappa shape index (κ3) is 5.21. The molecule has 0 unspecified atom stereocenters. The van der Waals surface area contributed by atoms with Crippen LogP contribution in [0.5, 0.6) is 5.75 Å². The zero-order chi connectivity index (χ0) is 18.2. The molecule has 3 aromatic rings. The predicted octanol–water partition coefficient (Wildman–Crippen LogP) is 4.41. The van der Waals surface area contributed by atoms with Gasteiger partial charge >= 0.3 is 0 Å². The number of thioether (sulfide) groups is 1. The Kier molecular flexibility index (Phi) is 6.45. The van der Waals surface area contributed by atoms with Crippen molar-refractivity contribution in [2.24, 2.45) is 0 Å². The first-order valence-electron chi connectivity index (χ1n) is 8.04. The number of hydrogen-bond acceptors (Lipinski definition) is 7. The van der Waals surface area contributed by atoms with E-state index in [9.17, 15) is 4.79 Å². The lowest BCUT2D eigenvalue weighted by Gasteiger charge is -2.10. The quantitative estimate of drug-likeness (QED) is 0.559. The van der Waals surface area contributed by atoms with Crippen LogP contribution < -0.4 is 15.4 Å². The van der Waals surface area contributed by atoms with Crippen molar-refractivity contribution in [1.82, 2.24) is 10.2 Å². The van der Waals surface area contributed by atoms with Crippen molar-refractivity contribution < 1.29 is 9.53 Å². The van der Waals surface area contributed by atoms with E-state index in [-0.39, 0.29) is 11.7 Å². The second-order valence-corrected chi connectivity index (χ2v) is 7.33. The standard InChI is InChI=1S/C18H18N4O2S2/c1-2-24-15-11-7-6-10-14(15)20-16(23)12-25-18-22-21-17(26-18)19-13-8-4-3-5-9-13/h3-11H,2,12H2,1H3,(H,19,21)(H,20,23). The van der Waals surface area contributed by atoms with Gasteiger partial charge in [-0.2, -0.15) is 0 Å². The lowest BCUT2D eigenvalue weighted by Crippen LogP contribution is -2.14. The number of nitrogens with zero attached hydrogens (tertiary/aromatic N) is 2. The van der Waals surface area contributed by atoms with Crippen molar-refractivity contribution in [2.45, 2.75) is 11.3 Å².